The highest BCUT2D eigenvalue weighted by Gasteiger charge is 2.10. The van der Waals surface area contributed by atoms with E-state index in [0.29, 0.717) is 11.3 Å². The average molecular weight is 368 g/mol. The van der Waals surface area contributed by atoms with Crippen molar-refractivity contribution in [2.45, 2.75) is 4.84 Å². The first-order chi connectivity index (χ1) is 10.2. The Bertz CT molecular complexity index is 632. The number of carbonyl (C=O) groups is 2. The molecular weight excluding hydrogens is 353 g/mol. The van der Waals surface area contributed by atoms with Crippen LogP contribution in [0.3, 0.4) is 0 Å². The number of rotatable bonds is 7. The fraction of sp³-hybridized carbons (Fsp3) is 0.333. The van der Waals surface area contributed by atoms with E-state index in [1.54, 1.807) is 0 Å². The van der Waals surface area contributed by atoms with Gasteiger partial charge in [0.2, 0.25) is 10.0 Å². The van der Waals surface area contributed by atoms with Crippen LogP contribution in [-0.4, -0.2) is 44.4 Å². The van der Waals surface area contributed by atoms with Gasteiger partial charge in [-0.05, 0) is 24.3 Å². The van der Waals surface area contributed by atoms with Gasteiger partial charge >= 0.3 is 0 Å². The number of benzene rings is 1. The van der Waals surface area contributed by atoms with Gasteiger partial charge in [0.1, 0.15) is 0 Å². The lowest BCUT2D eigenvalue weighted by molar-refractivity contribution is -0.119. The molecule has 0 bridgehead atoms. The van der Waals surface area contributed by atoms with E-state index in [4.69, 9.17) is 23.2 Å². The first-order valence-corrected chi connectivity index (χ1v) is 8.87. The summed E-state index contributed by atoms with van der Waals surface area (Å²) >= 11 is 10.7. The van der Waals surface area contributed by atoms with Crippen molar-refractivity contribution in [2.24, 2.45) is 0 Å². The molecule has 122 valence electrons. The molecule has 10 heteroatoms. The Morgan fingerprint density at radius 2 is 1.64 bits per heavy atom. The Kier molecular flexibility index (Phi) is 6.92. The number of hydrogen-bond donors (Lipinski definition) is 3. The van der Waals surface area contributed by atoms with Crippen molar-refractivity contribution in [1.29, 1.82) is 0 Å². The van der Waals surface area contributed by atoms with Crippen molar-refractivity contribution in [3.8, 4) is 0 Å². The van der Waals surface area contributed by atoms with Gasteiger partial charge in [0.05, 0.1) is 6.26 Å². The second kappa shape index (κ2) is 8.21. The van der Waals surface area contributed by atoms with E-state index in [1.807, 2.05) is 0 Å². The number of hydrogen-bond acceptors (Lipinski definition) is 4. The fourth-order valence-electron chi connectivity index (χ4n) is 1.44. The number of amides is 2. The summed E-state index contributed by atoms with van der Waals surface area (Å²) in [4.78, 5) is 21.7. The molecule has 0 heterocycles. The van der Waals surface area contributed by atoms with Crippen LogP contribution in [-0.2, 0) is 14.8 Å². The van der Waals surface area contributed by atoms with Crippen LogP contribution in [0.25, 0.3) is 0 Å². The van der Waals surface area contributed by atoms with E-state index in [-0.39, 0.29) is 19.0 Å². The second-order valence-electron chi connectivity index (χ2n) is 4.30. The van der Waals surface area contributed by atoms with Crippen LogP contribution >= 0.6 is 23.2 Å². The number of nitrogens with one attached hydrogen (secondary N) is 3. The molecule has 0 aliphatic heterocycles. The Morgan fingerprint density at radius 3 is 2.14 bits per heavy atom. The predicted octanol–water partition coefficient (Wildman–Crippen LogP) is 0.708. The molecule has 1 aromatic carbocycles. The van der Waals surface area contributed by atoms with Crippen LogP contribution < -0.4 is 15.4 Å². The summed E-state index contributed by atoms with van der Waals surface area (Å²) < 4.78 is 24.4. The molecule has 7 nitrogen and oxygen atoms in total. The average Bonchev–Trinajstić information content (AvgIpc) is 2.42. The van der Waals surface area contributed by atoms with E-state index < -0.39 is 20.8 Å². The zero-order valence-corrected chi connectivity index (χ0v) is 13.9. The molecule has 0 atom stereocenters. The number of sulfonamides is 1. The lowest BCUT2D eigenvalue weighted by Gasteiger charge is -2.08. The minimum atomic E-state index is -3.36. The molecule has 0 unspecified atom stereocenters. The van der Waals surface area contributed by atoms with Gasteiger partial charge in [-0.3, -0.25) is 14.3 Å². The van der Waals surface area contributed by atoms with Gasteiger partial charge in [0.15, 0.2) is 4.84 Å². The smallest absolute Gasteiger partial charge is 0.253 e. The third-order valence-corrected chi connectivity index (χ3v) is 3.36. The second-order valence-corrected chi connectivity index (χ2v) is 7.14. The van der Waals surface area contributed by atoms with Crippen LogP contribution in [0, 0.1) is 0 Å². The number of halogens is 2. The van der Waals surface area contributed by atoms with Gasteiger partial charge in [-0.1, -0.05) is 23.2 Å². The molecular formula is C12H15Cl2N3O4S. The van der Waals surface area contributed by atoms with Crippen LogP contribution in [0.1, 0.15) is 10.4 Å². The monoisotopic (exact) mass is 367 g/mol. The minimum Gasteiger partial charge on any atom is -0.352 e. The van der Waals surface area contributed by atoms with E-state index >= 15 is 0 Å². The highest BCUT2D eigenvalue weighted by Crippen LogP contribution is 2.10. The molecule has 0 fully saturated rings. The van der Waals surface area contributed by atoms with Crippen LogP contribution in [0.4, 0.5) is 5.69 Å². The van der Waals surface area contributed by atoms with Crippen LogP contribution in [0.15, 0.2) is 24.3 Å². The predicted molar refractivity (Wildman–Crippen MR) is 85.7 cm³/mol. The van der Waals surface area contributed by atoms with Crippen molar-refractivity contribution in [3.63, 3.8) is 0 Å². The molecule has 1 rings (SSSR count). The standard InChI is InChI=1S/C12H15Cl2N3O4S/c1-22(20,21)17-9-4-2-8(3-5-9)11(18)15-6-7-16-12(19)10(13)14/h2-5,10,17H,6-7H2,1H3,(H,15,18)(H,16,19). The summed E-state index contributed by atoms with van der Waals surface area (Å²) in [7, 11) is -3.36. The third-order valence-electron chi connectivity index (χ3n) is 2.36. The summed E-state index contributed by atoms with van der Waals surface area (Å²) in [5.41, 5.74) is 0.722. The molecule has 3 N–H and O–H groups in total. The zero-order chi connectivity index (χ0) is 16.8. The van der Waals surface area contributed by atoms with Gasteiger partial charge < -0.3 is 10.6 Å². The van der Waals surface area contributed by atoms with Crippen molar-refractivity contribution < 1.29 is 18.0 Å². The first-order valence-electron chi connectivity index (χ1n) is 6.11. The van der Waals surface area contributed by atoms with Crippen molar-refractivity contribution in [1.82, 2.24) is 10.6 Å². The van der Waals surface area contributed by atoms with Crippen molar-refractivity contribution in [3.05, 3.63) is 29.8 Å². The molecule has 0 spiro atoms. The molecule has 1 aromatic rings. The van der Waals surface area contributed by atoms with Crippen molar-refractivity contribution in [2.75, 3.05) is 24.1 Å². The normalized spacial score (nSPS) is 11.1. The lowest BCUT2D eigenvalue weighted by Crippen LogP contribution is -2.36. The quantitative estimate of drug-likeness (QED) is 0.487. The maximum absolute atomic E-state index is 11.8. The highest BCUT2D eigenvalue weighted by molar-refractivity contribution is 7.92. The number of alkyl halides is 2. The molecule has 0 radical (unpaired) electrons. The Morgan fingerprint density at radius 1 is 1.09 bits per heavy atom. The summed E-state index contributed by atoms with van der Waals surface area (Å²) in [5, 5.41) is 5.01. The SMILES string of the molecule is CS(=O)(=O)Nc1ccc(C(=O)NCCNC(=O)C(Cl)Cl)cc1. The van der Waals surface area contributed by atoms with Crippen LogP contribution in [0.2, 0.25) is 0 Å². The summed E-state index contributed by atoms with van der Waals surface area (Å²) in [6, 6.07) is 5.91. The highest BCUT2D eigenvalue weighted by atomic mass is 35.5. The topological polar surface area (TPSA) is 104 Å². The summed E-state index contributed by atoms with van der Waals surface area (Å²) in [6.07, 6.45) is 1.04. The van der Waals surface area contributed by atoms with Gasteiger partial charge in [-0.15, -0.1) is 0 Å². The molecule has 0 aliphatic rings. The molecule has 0 aliphatic carbocycles. The third kappa shape index (κ3) is 6.97. The largest absolute Gasteiger partial charge is 0.352 e. The van der Waals surface area contributed by atoms with Gasteiger partial charge in [-0.25, -0.2) is 8.42 Å². The maximum atomic E-state index is 11.8. The fourth-order valence-corrected chi connectivity index (χ4v) is 2.16. The number of anilines is 1. The summed E-state index contributed by atoms with van der Waals surface area (Å²) in [5.74, 6) is -0.887. The first kappa shape index (κ1) is 18.5. The van der Waals surface area contributed by atoms with Gasteiger partial charge in [0.25, 0.3) is 11.8 Å². The molecule has 22 heavy (non-hydrogen) atoms. The van der Waals surface area contributed by atoms with E-state index in [1.165, 1.54) is 24.3 Å². The molecule has 0 aromatic heterocycles. The van der Waals surface area contributed by atoms with Gasteiger partial charge in [-0.2, -0.15) is 0 Å². The number of carbonyl (C=O) groups excluding carboxylic acids is 2. The summed E-state index contributed by atoms with van der Waals surface area (Å²) in [6.45, 7) is 0.392. The zero-order valence-electron chi connectivity index (χ0n) is 11.6. The van der Waals surface area contributed by atoms with Gasteiger partial charge in [0, 0.05) is 24.3 Å². The molecule has 0 saturated carbocycles. The van der Waals surface area contributed by atoms with E-state index in [0.717, 1.165) is 6.26 Å². The molecule has 0 saturated heterocycles. The Hall–Kier alpha value is -1.51. The van der Waals surface area contributed by atoms with Crippen LogP contribution in [0.5, 0.6) is 0 Å². The maximum Gasteiger partial charge on any atom is 0.253 e. The van der Waals surface area contributed by atoms with Crippen molar-refractivity contribution >= 4 is 50.7 Å². The van der Waals surface area contributed by atoms with E-state index in [9.17, 15) is 18.0 Å². The Labute approximate surface area is 138 Å². The minimum absolute atomic E-state index is 0.189. The van der Waals surface area contributed by atoms with E-state index in [2.05, 4.69) is 15.4 Å². The Balaban J connectivity index is 2.44. The molecule has 2 amide bonds. The lowest BCUT2D eigenvalue weighted by atomic mass is 10.2.